The van der Waals surface area contributed by atoms with Crippen LogP contribution in [0.15, 0.2) is 55.0 Å². The molecule has 0 spiro atoms. The van der Waals surface area contributed by atoms with Gasteiger partial charge in [0.2, 0.25) is 0 Å². The Labute approximate surface area is 111 Å². The fraction of sp³-hybridized carbons (Fsp3) is 0.0714. The van der Waals surface area contributed by atoms with Crippen LogP contribution in [0.4, 0.5) is 22.9 Å². The zero-order valence-electron chi connectivity index (χ0n) is 10.4. The molecule has 0 amide bonds. The van der Waals surface area contributed by atoms with Crippen LogP contribution >= 0.6 is 0 Å². The number of hydrogen-bond acceptors (Lipinski definition) is 5. The van der Waals surface area contributed by atoms with Crippen molar-refractivity contribution in [2.45, 2.75) is 0 Å². The van der Waals surface area contributed by atoms with Gasteiger partial charge in [-0.2, -0.15) is 0 Å². The first-order valence-corrected chi connectivity index (χ1v) is 6.07. The van der Waals surface area contributed by atoms with Crippen molar-refractivity contribution in [1.29, 1.82) is 0 Å². The molecule has 0 saturated carbocycles. The number of hydrogen-bond donors (Lipinski definition) is 3. The molecule has 1 aromatic heterocycles. The van der Waals surface area contributed by atoms with Crippen molar-refractivity contribution in [3.8, 4) is 0 Å². The second-order valence-electron chi connectivity index (χ2n) is 4.26. The molecule has 0 fully saturated rings. The molecule has 19 heavy (non-hydrogen) atoms. The first-order chi connectivity index (χ1) is 9.33. The highest BCUT2D eigenvalue weighted by molar-refractivity contribution is 5.69. The lowest BCUT2D eigenvalue weighted by Gasteiger charge is -2.15. The summed E-state index contributed by atoms with van der Waals surface area (Å²) in [7, 11) is 0. The third-order valence-corrected chi connectivity index (χ3v) is 2.93. The van der Waals surface area contributed by atoms with Crippen LogP contribution in [-0.2, 0) is 0 Å². The van der Waals surface area contributed by atoms with Crippen LogP contribution in [0.3, 0.4) is 0 Å². The van der Waals surface area contributed by atoms with E-state index < -0.39 is 0 Å². The zero-order valence-corrected chi connectivity index (χ0v) is 10.4. The topological polar surface area (TPSA) is 66.2 Å². The molecule has 1 aliphatic heterocycles. The fourth-order valence-electron chi connectivity index (χ4n) is 1.92. The van der Waals surface area contributed by atoms with Crippen molar-refractivity contribution in [3.63, 3.8) is 0 Å². The lowest BCUT2D eigenvalue weighted by molar-refractivity contribution is 0.901. The number of nitrogen functional groups attached to an aromatic ring is 1. The molecule has 0 saturated heterocycles. The third-order valence-electron chi connectivity index (χ3n) is 2.93. The number of anilines is 4. The summed E-state index contributed by atoms with van der Waals surface area (Å²) in [5, 5.41) is 6.34. The van der Waals surface area contributed by atoms with Crippen molar-refractivity contribution < 1.29 is 0 Å². The first kappa shape index (κ1) is 11.4. The molecule has 2 heterocycles. The number of aromatic nitrogens is 1. The summed E-state index contributed by atoms with van der Waals surface area (Å²) in [4.78, 5) is 6.33. The van der Waals surface area contributed by atoms with Gasteiger partial charge in [-0.05, 0) is 36.4 Å². The fourth-order valence-corrected chi connectivity index (χ4v) is 1.92. The summed E-state index contributed by atoms with van der Waals surface area (Å²) in [6.07, 6.45) is 5.66. The van der Waals surface area contributed by atoms with Crippen LogP contribution < -0.4 is 21.3 Å². The third kappa shape index (κ3) is 2.44. The molecule has 0 bridgehead atoms. The minimum absolute atomic E-state index is 0.637. The first-order valence-electron chi connectivity index (χ1n) is 6.07. The van der Waals surface area contributed by atoms with Crippen molar-refractivity contribution in [2.75, 3.05) is 22.6 Å². The number of nitrogens with zero attached hydrogens (tertiary/aromatic N) is 2. The second-order valence-corrected chi connectivity index (χ2v) is 4.26. The Bertz CT molecular complexity index is 591. The van der Waals surface area contributed by atoms with Crippen LogP contribution in [0, 0.1) is 0 Å². The maximum Gasteiger partial charge on any atom is 0.153 e. The van der Waals surface area contributed by atoms with E-state index >= 15 is 0 Å². The highest BCUT2D eigenvalue weighted by atomic mass is 15.2. The van der Waals surface area contributed by atoms with E-state index in [1.807, 2.05) is 36.7 Å². The van der Waals surface area contributed by atoms with Gasteiger partial charge < -0.3 is 21.3 Å². The van der Waals surface area contributed by atoms with Crippen LogP contribution in [0.5, 0.6) is 0 Å². The van der Waals surface area contributed by atoms with Gasteiger partial charge >= 0.3 is 0 Å². The molecule has 3 rings (SSSR count). The number of nitrogens with two attached hydrogens (primary N) is 1. The average Bonchev–Trinajstić information content (AvgIpc) is 2.96. The van der Waals surface area contributed by atoms with Crippen molar-refractivity contribution in [1.82, 2.24) is 10.3 Å². The minimum Gasteiger partial charge on any atom is -0.396 e. The highest BCUT2D eigenvalue weighted by Crippen LogP contribution is 2.23. The van der Waals surface area contributed by atoms with Crippen LogP contribution in [-0.4, -0.2) is 11.7 Å². The van der Waals surface area contributed by atoms with E-state index in [4.69, 9.17) is 5.73 Å². The van der Waals surface area contributed by atoms with Gasteiger partial charge in [0, 0.05) is 30.0 Å². The molecule has 1 aromatic carbocycles. The quantitative estimate of drug-likeness (QED) is 0.783. The summed E-state index contributed by atoms with van der Waals surface area (Å²) in [6.45, 7) is 0.806. The van der Waals surface area contributed by atoms with E-state index in [0.29, 0.717) is 11.5 Å². The van der Waals surface area contributed by atoms with Gasteiger partial charge in [0.05, 0.1) is 12.4 Å². The monoisotopic (exact) mass is 253 g/mol. The largest absolute Gasteiger partial charge is 0.396 e. The average molecular weight is 253 g/mol. The Balaban J connectivity index is 1.76. The molecule has 0 atom stereocenters. The molecule has 96 valence electrons. The van der Waals surface area contributed by atoms with Gasteiger partial charge in [-0.3, -0.25) is 0 Å². The SMILES string of the molecule is Nc1cccnc1Nc1ccc(N2C=CNC2)cc1. The van der Waals surface area contributed by atoms with Crippen molar-refractivity contribution in [3.05, 3.63) is 55.0 Å². The van der Waals surface area contributed by atoms with Gasteiger partial charge in [-0.1, -0.05) is 0 Å². The van der Waals surface area contributed by atoms with E-state index in [9.17, 15) is 0 Å². The molecular formula is C14H15N5. The number of pyridine rings is 1. The maximum absolute atomic E-state index is 5.85. The van der Waals surface area contributed by atoms with E-state index in [2.05, 4.69) is 32.7 Å². The molecular weight excluding hydrogens is 238 g/mol. The predicted molar refractivity (Wildman–Crippen MR) is 78.0 cm³/mol. The van der Waals surface area contributed by atoms with E-state index in [1.54, 1.807) is 6.20 Å². The Hall–Kier alpha value is -2.69. The Morgan fingerprint density at radius 1 is 1.21 bits per heavy atom. The van der Waals surface area contributed by atoms with Crippen LogP contribution in [0.25, 0.3) is 0 Å². The van der Waals surface area contributed by atoms with Crippen LogP contribution in [0.1, 0.15) is 0 Å². The summed E-state index contributed by atoms with van der Waals surface area (Å²) in [5.41, 5.74) is 8.59. The molecule has 4 N–H and O–H groups in total. The van der Waals surface area contributed by atoms with Gasteiger partial charge in [0.15, 0.2) is 5.82 Å². The molecule has 0 aliphatic carbocycles. The number of benzene rings is 1. The Kier molecular flexibility index (Phi) is 2.94. The predicted octanol–water partition coefficient (Wildman–Crippen LogP) is 2.25. The molecule has 0 radical (unpaired) electrons. The Morgan fingerprint density at radius 3 is 2.74 bits per heavy atom. The Morgan fingerprint density at radius 2 is 2.05 bits per heavy atom. The lowest BCUT2D eigenvalue weighted by Crippen LogP contribution is -2.19. The smallest absolute Gasteiger partial charge is 0.153 e. The van der Waals surface area contributed by atoms with E-state index in [-0.39, 0.29) is 0 Å². The highest BCUT2D eigenvalue weighted by Gasteiger charge is 2.06. The van der Waals surface area contributed by atoms with Crippen molar-refractivity contribution in [2.24, 2.45) is 0 Å². The zero-order chi connectivity index (χ0) is 13.1. The minimum atomic E-state index is 0.637. The van der Waals surface area contributed by atoms with Gasteiger partial charge in [0.1, 0.15) is 0 Å². The second kappa shape index (κ2) is 4.89. The van der Waals surface area contributed by atoms with Gasteiger partial charge in [-0.15, -0.1) is 0 Å². The molecule has 5 heteroatoms. The van der Waals surface area contributed by atoms with E-state index in [1.165, 1.54) is 0 Å². The summed E-state index contributed by atoms with van der Waals surface area (Å²) in [6, 6.07) is 11.8. The van der Waals surface area contributed by atoms with E-state index in [0.717, 1.165) is 18.0 Å². The van der Waals surface area contributed by atoms with Gasteiger partial charge in [0.25, 0.3) is 0 Å². The van der Waals surface area contributed by atoms with Gasteiger partial charge in [-0.25, -0.2) is 4.98 Å². The standard InChI is InChI=1S/C14H15N5/c15-13-2-1-7-17-14(13)18-11-3-5-12(6-4-11)19-9-8-16-10-19/h1-9,16H,10,15H2,(H,17,18). The molecule has 1 aliphatic rings. The van der Waals surface area contributed by atoms with Crippen LogP contribution in [0.2, 0.25) is 0 Å². The lowest BCUT2D eigenvalue weighted by atomic mass is 10.2. The molecule has 0 unspecified atom stereocenters. The molecule has 2 aromatic rings. The summed E-state index contributed by atoms with van der Waals surface area (Å²) in [5.74, 6) is 0.679. The summed E-state index contributed by atoms with van der Waals surface area (Å²) < 4.78 is 0. The normalized spacial score (nSPS) is 13.4. The number of rotatable bonds is 3. The maximum atomic E-state index is 5.85. The number of nitrogens with one attached hydrogen (secondary N) is 2. The summed E-state index contributed by atoms with van der Waals surface area (Å²) >= 11 is 0. The molecule has 5 nitrogen and oxygen atoms in total. The van der Waals surface area contributed by atoms with Crippen molar-refractivity contribution >= 4 is 22.9 Å².